The molecule has 29 heavy (non-hydrogen) atoms. The first-order valence-electron chi connectivity index (χ1n) is 11.2. The van der Waals surface area contributed by atoms with Crippen molar-refractivity contribution < 1.29 is 9.59 Å². The second-order valence-corrected chi connectivity index (χ2v) is 8.66. The molecular weight excluding hydrogens is 366 g/mol. The zero-order valence-corrected chi connectivity index (χ0v) is 17.8. The molecule has 0 bridgehead atoms. The number of aromatic nitrogens is 2. The molecule has 2 unspecified atom stereocenters. The van der Waals surface area contributed by atoms with Crippen molar-refractivity contribution in [3.05, 3.63) is 23.3 Å². The van der Waals surface area contributed by atoms with E-state index < -0.39 is 0 Å². The number of fused-ring (bicyclic) bond motifs is 1. The number of hydrogen-bond donors (Lipinski definition) is 0. The van der Waals surface area contributed by atoms with E-state index in [9.17, 15) is 9.59 Å². The minimum Gasteiger partial charge on any atom is -0.338 e. The van der Waals surface area contributed by atoms with Gasteiger partial charge in [-0.2, -0.15) is 0 Å². The zero-order chi connectivity index (χ0) is 20.4. The Morgan fingerprint density at radius 2 is 2.00 bits per heavy atom. The maximum Gasteiger partial charge on any atom is 0.237 e. The Hall–Kier alpha value is -2.02. The van der Waals surface area contributed by atoms with Gasteiger partial charge in [0.25, 0.3) is 0 Å². The summed E-state index contributed by atoms with van der Waals surface area (Å²) in [6.45, 7) is 7.48. The summed E-state index contributed by atoms with van der Waals surface area (Å²) < 4.78 is 0. The average Bonchev–Trinajstić information content (AvgIpc) is 3.23. The number of likely N-dealkylation sites (tertiary alicyclic amines) is 2. The highest BCUT2D eigenvalue weighted by Gasteiger charge is 2.34. The van der Waals surface area contributed by atoms with E-state index in [1.54, 1.807) is 6.92 Å². The van der Waals surface area contributed by atoms with E-state index >= 15 is 0 Å². The second-order valence-electron chi connectivity index (χ2n) is 8.66. The fraction of sp³-hybridized carbons (Fsp3) is 0.727. The fourth-order valence-corrected chi connectivity index (χ4v) is 5.09. The third-order valence-corrected chi connectivity index (χ3v) is 6.83. The van der Waals surface area contributed by atoms with Gasteiger partial charge in [-0.15, -0.1) is 0 Å². The van der Waals surface area contributed by atoms with Gasteiger partial charge in [0.2, 0.25) is 11.8 Å². The average molecular weight is 400 g/mol. The number of carbonyl (C=O) groups is 2. The third-order valence-electron chi connectivity index (χ3n) is 6.83. The molecular formula is C22H33N5O2. The van der Waals surface area contributed by atoms with Crippen molar-refractivity contribution in [1.82, 2.24) is 24.7 Å². The highest BCUT2D eigenvalue weighted by molar-refractivity contribution is 5.79. The molecule has 2 fully saturated rings. The van der Waals surface area contributed by atoms with E-state index in [1.165, 1.54) is 19.3 Å². The van der Waals surface area contributed by atoms with E-state index in [2.05, 4.69) is 16.8 Å². The number of carbonyl (C=O) groups excluding carboxylic acids is 2. The predicted octanol–water partition coefficient (Wildman–Crippen LogP) is 2.31. The minimum absolute atomic E-state index is 0.0106. The molecule has 0 aromatic carbocycles. The van der Waals surface area contributed by atoms with E-state index in [0.717, 1.165) is 55.9 Å². The molecule has 0 spiro atoms. The van der Waals surface area contributed by atoms with Crippen LogP contribution in [0.1, 0.15) is 75.5 Å². The standard InChI is InChI=1S/C22H33N5O2/c1-3-18-7-4-5-10-26(18)15-21(29)27-11-6-8-20(27)22-23-13-17-14-25(16(2)28)12-9-19(17)24-22/h13,18,20H,3-12,14-15H2,1-2H3. The fourth-order valence-electron chi connectivity index (χ4n) is 5.09. The van der Waals surface area contributed by atoms with Crippen molar-refractivity contribution in [1.29, 1.82) is 0 Å². The second kappa shape index (κ2) is 8.78. The summed E-state index contributed by atoms with van der Waals surface area (Å²) in [5.41, 5.74) is 2.07. The zero-order valence-electron chi connectivity index (χ0n) is 17.8. The molecule has 3 aliphatic rings. The molecule has 0 N–H and O–H groups in total. The molecule has 0 radical (unpaired) electrons. The van der Waals surface area contributed by atoms with Crippen LogP contribution in [0.4, 0.5) is 0 Å². The first-order valence-corrected chi connectivity index (χ1v) is 11.2. The van der Waals surface area contributed by atoms with Crippen LogP contribution in [0.15, 0.2) is 6.20 Å². The van der Waals surface area contributed by atoms with E-state index in [4.69, 9.17) is 4.98 Å². The number of piperidine rings is 1. The molecule has 3 aliphatic heterocycles. The smallest absolute Gasteiger partial charge is 0.237 e. The third kappa shape index (κ3) is 4.29. The first-order chi connectivity index (χ1) is 14.1. The van der Waals surface area contributed by atoms with Crippen molar-refractivity contribution in [2.75, 3.05) is 26.2 Å². The van der Waals surface area contributed by atoms with Gasteiger partial charge < -0.3 is 9.80 Å². The minimum atomic E-state index is -0.0106. The van der Waals surface area contributed by atoms with E-state index in [1.807, 2.05) is 16.0 Å². The van der Waals surface area contributed by atoms with Gasteiger partial charge in [0.1, 0.15) is 0 Å². The molecule has 2 saturated heterocycles. The summed E-state index contributed by atoms with van der Waals surface area (Å²) in [5.74, 6) is 1.09. The maximum atomic E-state index is 13.2. The van der Waals surface area contributed by atoms with Crippen LogP contribution in [-0.4, -0.2) is 68.7 Å². The number of nitrogens with zero attached hydrogens (tertiary/aromatic N) is 5. The van der Waals surface area contributed by atoms with Gasteiger partial charge in [0.15, 0.2) is 5.82 Å². The highest BCUT2D eigenvalue weighted by Crippen LogP contribution is 2.31. The number of amides is 2. The quantitative estimate of drug-likeness (QED) is 0.777. The van der Waals surface area contributed by atoms with Gasteiger partial charge in [-0.3, -0.25) is 14.5 Å². The molecule has 7 nitrogen and oxygen atoms in total. The molecule has 2 amide bonds. The maximum absolute atomic E-state index is 13.2. The molecule has 4 heterocycles. The topological polar surface area (TPSA) is 69.6 Å². The predicted molar refractivity (Wildman–Crippen MR) is 110 cm³/mol. The molecule has 1 aromatic rings. The van der Waals surface area contributed by atoms with Crippen LogP contribution in [0.25, 0.3) is 0 Å². The van der Waals surface area contributed by atoms with Crippen LogP contribution in [0.3, 0.4) is 0 Å². The van der Waals surface area contributed by atoms with Crippen molar-refractivity contribution >= 4 is 11.8 Å². The summed E-state index contributed by atoms with van der Waals surface area (Å²) in [7, 11) is 0. The summed E-state index contributed by atoms with van der Waals surface area (Å²) in [5, 5.41) is 0. The van der Waals surface area contributed by atoms with Crippen molar-refractivity contribution in [2.24, 2.45) is 0 Å². The lowest BCUT2D eigenvalue weighted by atomic mass is 10.00. The lowest BCUT2D eigenvalue weighted by molar-refractivity contribution is -0.134. The Labute approximate surface area is 173 Å². The van der Waals surface area contributed by atoms with Crippen molar-refractivity contribution in [3.63, 3.8) is 0 Å². The van der Waals surface area contributed by atoms with Gasteiger partial charge in [0.05, 0.1) is 18.3 Å². The van der Waals surface area contributed by atoms with Crippen LogP contribution in [-0.2, 0) is 22.6 Å². The van der Waals surface area contributed by atoms with Gasteiger partial charge in [-0.05, 0) is 38.6 Å². The van der Waals surface area contributed by atoms with E-state index in [-0.39, 0.29) is 17.9 Å². The van der Waals surface area contributed by atoms with Crippen LogP contribution >= 0.6 is 0 Å². The molecule has 0 aliphatic carbocycles. The molecule has 4 rings (SSSR count). The Bertz CT molecular complexity index is 768. The normalized spacial score (nSPS) is 25.2. The van der Waals surface area contributed by atoms with Gasteiger partial charge in [-0.25, -0.2) is 9.97 Å². The van der Waals surface area contributed by atoms with Gasteiger partial charge >= 0.3 is 0 Å². The Morgan fingerprint density at radius 1 is 1.14 bits per heavy atom. The Balaban J connectivity index is 1.46. The summed E-state index contributed by atoms with van der Waals surface area (Å²) in [6.07, 6.45) is 9.36. The summed E-state index contributed by atoms with van der Waals surface area (Å²) >= 11 is 0. The van der Waals surface area contributed by atoms with E-state index in [0.29, 0.717) is 25.7 Å². The molecule has 158 valence electrons. The summed E-state index contributed by atoms with van der Waals surface area (Å²) in [6, 6.07) is 0.529. The highest BCUT2D eigenvalue weighted by atomic mass is 16.2. The lowest BCUT2D eigenvalue weighted by Gasteiger charge is -2.36. The Kier molecular flexibility index (Phi) is 6.13. The number of rotatable bonds is 4. The Morgan fingerprint density at radius 3 is 2.79 bits per heavy atom. The van der Waals surface area contributed by atoms with Crippen LogP contribution < -0.4 is 0 Å². The monoisotopic (exact) mass is 399 g/mol. The van der Waals surface area contributed by atoms with Gasteiger partial charge in [-0.1, -0.05) is 13.3 Å². The molecule has 2 atom stereocenters. The van der Waals surface area contributed by atoms with Crippen LogP contribution in [0, 0.1) is 0 Å². The molecule has 0 saturated carbocycles. The van der Waals surface area contributed by atoms with Crippen LogP contribution in [0.5, 0.6) is 0 Å². The molecule has 7 heteroatoms. The first kappa shape index (κ1) is 20.3. The van der Waals surface area contributed by atoms with Crippen molar-refractivity contribution in [3.8, 4) is 0 Å². The lowest BCUT2D eigenvalue weighted by Crippen LogP contribution is -2.46. The molecule has 1 aromatic heterocycles. The van der Waals surface area contributed by atoms with Crippen molar-refractivity contribution in [2.45, 2.75) is 77.4 Å². The number of hydrogen-bond acceptors (Lipinski definition) is 5. The SMILES string of the molecule is CCC1CCCCN1CC(=O)N1CCCC1c1ncc2c(n1)CCN(C(C)=O)C2. The van der Waals surface area contributed by atoms with Crippen LogP contribution in [0.2, 0.25) is 0 Å². The summed E-state index contributed by atoms with van der Waals surface area (Å²) in [4.78, 5) is 40.5. The largest absolute Gasteiger partial charge is 0.338 e. The van der Waals surface area contributed by atoms with Gasteiger partial charge in [0, 0.05) is 50.8 Å².